The van der Waals surface area contributed by atoms with Crippen molar-refractivity contribution in [3.05, 3.63) is 119 Å². The van der Waals surface area contributed by atoms with Gasteiger partial charge in [0.15, 0.2) is 17.7 Å². The van der Waals surface area contributed by atoms with Crippen LogP contribution in [0.15, 0.2) is 119 Å². The molecular weight excluding hydrogens is 650 g/mol. The van der Waals surface area contributed by atoms with Crippen LogP contribution < -0.4 is 0 Å². The fraction of sp³-hybridized carbons (Fsp3) is 0.467. The number of rotatable bonds is 11. The lowest BCUT2D eigenvalue weighted by Crippen LogP contribution is -2.45. The van der Waals surface area contributed by atoms with Crippen LogP contribution in [0.4, 0.5) is 4.79 Å². The summed E-state index contributed by atoms with van der Waals surface area (Å²) in [5.41, 5.74) is 5.37. The van der Waals surface area contributed by atoms with E-state index in [9.17, 15) is 19.2 Å². The highest BCUT2D eigenvalue weighted by molar-refractivity contribution is 6.38. The average molecular weight is 710 g/mol. The maximum Gasteiger partial charge on any atom is 0.410 e. The first-order chi connectivity index (χ1) is 24.4. The van der Waals surface area contributed by atoms with Crippen LogP contribution in [-0.4, -0.2) is 60.8 Å². The Morgan fingerprint density at radius 3 is 1.87 bits per heavy atom. The third kappa shape index (κ3) is 12.1. The molecule has 0 aromatic heterocycles. The summed E-state index contributed by atoms with van der Waals surface area (Å²) in [4.78, 5) is 51.7. The van der Waals surface area contributed by atoms with Gasteiger partial charge in [-0.05, 0) is 62.5 Å². The van der Waals surface area contributed by atoms with Gasteiger partial charge < -0.3 is 14.4 Å². The van der Waals surface area contributed by atoms with Gasteiger partial charge in [-0.1, -0.05) is 142 Å². The van der Waals surface area contributed by atoms with Gasteiger partial charge in [0.1, 0.15) is 0 Å². The van der Waals surface area contributed by atoms with Crippen molar-refractivity contribution in [2.24, 2.45) is 22.7 Å². The van der Waals surface area contributed by atoms with Crippen LogP contribution in [0.5, 0.6) is 0 Å². The van der Waals surface area contributed by atoms with Gasteiger partial charge in [-0.2, -0.15) is 0 Å². The molecule has 3 rings (SSSR count). The van der Waals surface area contributed by atoms with Gasteiger partial charge in [-0.15, -0.1) is 0 Å². The third-order valence-electron chi connectivity index (χ3n) is 10.1. The summed E-state index contributed by atoms with van der Waals surface area (Å²) < 4.78 is 11.0. The molecule has 1 saturated carbocycles. The molecule has 0 spiro atoms. The zero-order chi connectivity index (χ0) is 38.6. The summed E-state index contributed by atoms with van der Waals surface area (Å²) in [5, 5.41) is 0. The summed E-state index contributed by atoms with van der Waals surface area (Å²) >= 11 is 0. The summed E-state index contributed by atoms with van der Waals surface area (Å²) in [5.74, 6) is -0.902. The first-order valence-electron chi connectivity index (χ1n) is 18.4. The molecule has 1 saturated heterocycles. The lowest BCUT2D eigenvalue weighted by molar-refractivity contribution is -0.145. The Kier molecular flexibility index (Phi) is 15.3. The van der Waals surface area contributed by atoms with E-state index in [2.05, 4.69) is 52.0 Å². The average Bonchev–Trinajstić information content (AvgIpc) is 3.07. The second kappa shape index (κ2) is 18.9. The van der Waals surface area contributed by atoms with E-state index >= 15 is 0 Å². The number of ether oxygens (including phenoxy) is 2. The molecule has 52 heavy (non-hydrogen) atoms. The molecule has 1 amide bonds. The van der Waals surface area contributed by atoms with Crippen LogP contribution in [-0.2, 0) is 23.9 Å². The van der Waals surface area contributed by atoms with Gasteiger partial charge in [0.2, 0.25) is 5.78 Å². The van der Waals surface area contributed by atoms with Gasteiger partial charge >= 0.3 is 6.09 Å². The second-order valence-electron chi connectivity index (χ2n) is 15.7. The molecule has 0 bridgehead atoms. The maximum absolute atomic E-state index is 13.2. The predicted molar refractivity (Wildman–Crippen MR) is 211 cm³/mol. The summed E-state index contributed by atoms with van der Waals surface area (Å²) in [6.07, 6.45) is 28.0. The van der Waals surface area contributed by atoms with E-state index in [4.69, 9.17) is 9.47 Å². The minimum absolute atomic E-state index is 0.0334. The number of nitrogens with zero attached hydrogens (tertiary/aromatic N) is 1. The largest absolute Gasteiger partial charge is 0.438 e. The molecule has 0 aromatic rings. The van der Waals surface area contributed by atoms with Crippen LogP contribution in [0.25, 0.3) is 0 Å². The molecule has 280 valence electrons. The standard InChI is InChI=1S/C45H59NO6/c1-31(17-13-19-33(3)21-23-37-35(5)41(48)39(47)29-44(37,7)8)15-11-12-16-32(2)18-14-20-34(4)22-24-38-36(6)42(49)40(30-45(38,9)10)52-43(50)46-25-27-51-28-26-46/h11-24,35,37,40H,25-30H2,1-10H3/b12-11+,17-13+,18-14+,23-21?,24-22?,31-15+,32-16+,33-19+,34-20+. The molecule has 0 N–H and O–H groups in total. The Labute approximate surface area is 312 Å². The molecule has 0 aromatic carbocycles. The number of hydrogen-bond donors (Lipinski definition) is 0. The number of allylic oxidation sites excluding steroid dienone is 19. The van der Waals surface area contributed by atoms with E-state index in [0.717, 1.165) is 27.9 Å². The molecule has 1 heterocycles. The van der Waals surface area contributed by atoms with Crippen molar-refractivity contribution in [3.8, 4) is 0 Å². The molecule has 3 aliphatic rings. The zero-order valence-electron chi connectivity index (χ0n) is 33.0. The smallest absolute Gasteiger partial charge is 0.410 e. The Balaban J connectivity index is 1.52. The topological polar surface area (TPSA) is 90.0 Å². The van der Waals surface area contributed by atoms with Gasteiger partial charge in [0.05, 0.1) is 13.2 Å². The van der Waals surface area contributed by atoms with Gasteiger partial charge in [-0.25, -0.2) is 4.79 Å². The molecule has 2 fully saturated rings. The van der Waals surface area contributed by atoms with Crippen LogP contribution in [0.3, 0.4) is 0 Å². The fourth-order valence-electron chi connectivity index (χ4n) is 6.89. The Morgan fingerprint density at radius 1 is 0.769 bits per heavy atom. The molecule has 0 radical (unpaired) electrons. The molecule has 7 heteroatoms. The Hall–Kier alpha value is -4.36. The molecular formula is C45H59NO6. The normalized spacial score (nSPS) is 25.6. The van der Waals surface area contributed by atoms with Gasteiger partial charge in [0.25, 0.3) is 0 Å². The molecule has 7 nitrogen and oxygen atoms in total. The minimum atomic E-state index is -0.782. The lowest BCUT2D eigenvalue weighted by Gasteiger charge is -2.39. The highest BCUT2D eigenvalue weighted by atomic mass is 16.6. The first kappa shape index (κ1) is 42.1. The van der Waals surface area contributed by atoms with E-state index < -0.39 is 12.2 Å². The van der Waals surface area contributed by atoms with Crippen molar-refractivity contribution in [2.45, 2.75) is 88.2 Å². The SMILES string of the molecule is CC1=C(C=C/C(C)=C/C=C/C(C)=C/C=C/C=C(C)/C=C/C=C(\C)C=CC2C(C)C(=O)C(=O)CC2(C)C)C(C)(C)CC(OC(=O)N2CCOCC2)C1=O. The van der Waals surface area contributed by atoms with Crippen molar-refractivity contribution in [3.63, 3.8) is 0 Å². The van der Waals surface area contributed by atoms with E-state index in [0.29, 0.717) is 44.7 Å². The number of ketones is 3. The van der Waals surface area contributed by atoms with Crippen molar-refractivity contribution >= 4 is 23.4 Å². The summed E-state index contributed by atoms with van der Waals surface area (Å²) in [7, 11) is 0. The first-order valence-corrected chi connectivity index (χ1v) is 18.4. The quantitative estimate of drug-likeness (QED) is 0.157. The van der Waals surface area contributed by atoms with Crippen molar-refractivity contribution < 1.29 is 28.7 Å². The monoisotopic (exact) mass is 709 g/mol. The van der Waals surface area contributed by atoms with Gasteiger partial charge in [0, 0.05) is 31.8 Å². The van der Waals surface area contributed by atoms with E-state index in [-0.39, 0.29) is 40.0 Å². The lowest BCUT2D eigenvalue weighted by atomic mass is 9.63. The Morgan fingerprint density at radius 2 is 1.29 bits per heavy atom. The molecule has 3 atom stereocenters. The Bertz CT molecular complexity index is 1680. The van der Waals surface area contributed by atoms with E-state index in [1.165, 1.54) is 0 Å². The number of hydrogen-bond acceptors (Lipinski definition) is 6. The molecule has 3 unspecified atom stereocenters. The van der Waals surface area contributed by atoms with Crippen molar-refractivity contribution in [2.75, 3.05) is 26.3 Å². The van der Waals surface area contributed by atoms with Crippen molar-refractivity contribution in [1.29, 1.82) is 0 Å². The zero-order valence-corrected chi connectivity index (χ0v) is 33.0. The fourth-order valence-corrected chi connectivity index (χ4v) is 6.89. The second-order valence-corrected chi connectivity index (χ2v) is 15.7. The number of morpholine rings is 1. The summed E-state index contributed by atoms with van der Waals surface area (Å²) in [6.45, 7) is 22.0. The van der Waals surface area contributed by atoms with Gasteiger partial charge in [-0.3, -0.25) is 14.4 Å². The molecule has 1 aliphatic heterocycles. The number of amides is 1. The highest BCUT2D eigenvalue weighted by Gasteiger charge is 2.44. The van der Waals surface area contributed by atoms with E-state index in [1.54, 1.807) is 4.90 Å². The van der Waals surface area contributed by atoms with Crippen molar-refractivity contribution in [1.82, 2.24) is 4.90 Å². The van der Waals surface area contributed by atoms with E-state index in [1.807, 2.05) is 102 Å². The number of carbonyl (C=O) groups excluding carboxylic acids is 4. The van der Waals surface area contributed by atoms with Crippen LogP contribution in [0, 0.1) is 22.7 Å². The van der Waals surface area contributed by atoms with Crippen LogP contribution >= 0.6 is 0 Å². The number of Topliss-reactive ketones (excluding diaryl/α,β-unsaturated/α-hetero) is 3. The minimum Gasteiger partial charge on any atom is -0.438 e. The molecule has 2 aliphatic carbocycles. The number of carbonyl (C=O) groups is 4. The van der Waals surface area contributed by atoms with Crippen LogP contribution in [0.2, 0.25) is 0 Å². The summed E-state index contributed by atoms with van der Waals surface area (Å²) in [6, 6.07) is 0. The third-order valence-corrected chi connectivity index (χ3v) is 10.1. The van der Waals surface area contributed by atoms with Crippen LogP contribution in [0.1, 0.15) is 82.1 Å². The highest BCUT2D eigenvalue weighted by Crippen LogP contribution is 2.42. The maximum atomic E-state index is 13.2. The predicted octanol–water partition coefficient (Wildman–Crippen LogP) is 9.53.